The van der Waals surface area contributed by atoms with Crippen LogP contribution >= 0.6 is 77.7 Å². The van der Waals surface area contributed by atoms with Crippen LogP contribution < -0.4 is 0 Å². The lowest BCUT2D eigenvalue weighted by Gasteiger charge is -2.44. The van der Waals surface area contributed by atoms with Gasteiger partial charge in [0.25, 0.3) is 0 Å². The van der Waals surface area contributed by atoms with E-state index >= 15 is 0 Å². The van der Waals surface area contributed by atoms with Crippen LogP contribution in [-0.4, -0.2) is 23.8 Å². The zero-order valence-corrected chi connectivity index (χ0v) is 14.7. The first-order valence-corrected chi connectivity index (χ1v) is 8.17. The number of halogens is 6. The zero-order valence-electron chi connectivity index (χ0n) is 9.32. The second kappa shape index (κ2) is 6.53. The van der Waals surface area contributed by atoms with E-state index in [1.54, 1.807) is 0 Å². The molecule has 1 nitrogen and oxygen atoms in total. The van der Waals surface area contributed by atoms with Crippen LogP contribution in [0.3, 0.4) is 0 Å². The molecule has 0 radical (unpaired) electrons. The van der Waals surface area contributed by atoms with E-state index < -0.39 is 15.1 Å². The van der Waals surface area contributed by atoms with Crippen LogP contribution in [0.4, 0.5) is 0 Å². The van der Waals surface area contributed by atoms with E-state index in [0.29, 0.717) is 0 Å². The first-order chi connectivity index (χ1) is 6.89. The zero-order chi connectivity index (χ0) is 13.3. The summed E-state index contributed by atoms with van der Waals surface area (Å²) in [6.45, 7) is 7.90. The molecule has 0 saturated carbocycles. The van der Waals surface area contributed by atoms with Gasteiger partial charge in [0.1, 0.15) is 0 Å². The molecular weight excluding hydrogens is 354 g/mol. The molecule has 0 aromatic heterocycles. The Bertz CT molecular complexity index is 200. The minimum absolute atomic E-state index is 0.123. The Morgan fingerprint density at radius 1 is 0.750 bits per heavy atom. The number of hydrogen-bond donors (Lipinski definition) is 0. The van der Waals surface area contributed by atoms with Gasteiger partial charge in [-0.25, -0.2) is 0 Å². The Labute approximate surface area is 128 Å². The predicted octanol–water partition coefficient (Wildman–Crippen LogP) is 6.16. The van der Waals surface area contributed by atoms with Crippen molar-refractivity contribution in [2.24, 2.45) is 0 Å². The second-order valence-electron chi connectivity index (χ2n) is 3.81. The van der Waals surface area contributed by atoms with Gasteiger partial charge >= 0.3 is 0 Å². The van der Waals surface area contributed by atoms with Gasteiger partial charge in [0.05, 0.1) is 8.07 Å². The van der Waals surface area contributed by atoms with Crippen molar-refractivity contribution in [2.45, 2.75) is 46.8 Å². The Morgan fingerprint density at radius 3 is 1.06 bits per heavy atom. The lowest BCUT2D eigenvalue weighted by Crippen LogP contribution is -2.38. The molecule has 16 heavy (non-hydrogen) atoms. The maximum Gasteiger partial charge on any atom is 0.226 e. The molecule has 0 bridgehead atoms. The van der Waals surface area contributed by atoms with Crippen molar-refractivity contribution in [3.8, 4) is 0 Å². The third kappa shape index (κ3) is 5.41. The maximum atomic E-state index is 5.93. The summed E-state index contributed by atoms with van der Waals surface area (Å²) in [5, 5.41) is 0. The fourth-order valence-electron chi connectivity index (χ4n) is 1.46. The highest BCUT2D eigenvalue weighted by atomic mass is 35.6. The highest BCUT2D eigenvalue weighted by Crippen LogP contribution is 2.73. The van der Waals surface area contributed by atoms with Gasteiger partial charge in [-0.2, -0.15) is 0 Å². The maximum absolute atomic E-state index is 5.93. The molecule has 0 aromatic rings. The van der Waals surface area contributed by atoms with E-state index in [1.807, 2.05) is 32.4 Å². The second-order valence-corrected chi connectivity index (χ2v) is 12.4. The fraction of sp³-hybridized carbons (Fsp3) is 1.00. The summed E-state index contributed by atoms with van der Waals surface area (Å²) in [4.78, 5) is 0. The van der Waals surface area contributed by atoms with E-state index in [2.05, 4.69) is 0 Å². The summed E-state index contributed by atoms with van der Waals surface area (Å²) in [5.74, 6) is 0. The molecule has 0 aliphatic rings. The van der Waals surface area contributed by atoms with Gasteiger partial charge < -0.3 is 0 Å². The van der Waals surface area contributed by atoms with Crippen LogP contribution in [-0.2, 0) is 0 Å². The van der Waals surface area contributed by atoms with Crippen molar-refractivity contribution >= 4 is 77.7 Å². The average molecular weight is 368 g/mol. The Balaban J connectivity index is 5.32. The normalized spacial score (nSPS) is 14.6. The third-order valence-electron chi connectivity index (χ3n) is 1.77. The highest BCUT2D eigenvalue weighted by molar-refractivity contribution is 7.71. The summed E-state index contributed by atoms with van der Waals surface area (Å²) >= 11 is 35.6. The topological polar surface area (TPSA) is 3.24 Å². The lowest BCUT2D eigenvalue weighted by atomic mass is 10.3. The van der Waals surface area contributed by atoms with Gasteiger partial charge in [-0.1, -0.05) is 69.6 Å². The molecule has 0 aliphatic carbocycles. The smallest absolute Gasteiger partial charge is 0.226 e. The summed E-state index contributed by atoms with van der Waals surface area (Å²) in [6, 6.07) is 0.245. The minimum atomic E-state index is -1.60. The van der Waals surface area contributed by atoms with E-state index in [9.17, 15) is 0 Å². The number of nitrogens with zero attached hydrogens (tertiary/aromatic N) is 1. The van der Waals surface area contributed by atoms with Crippen molar-refractivity contribution < 1.29 is 0 Å². The van der Waals surface area contributed by atoms with Gasteiger partial charge in [0, 0.05) is 12.1 Å². The van der Waals surface area contributed by atoms with Crippen LogP contribution in [0.1, 0.15) is 27.7 Å². The number of hydrogen-bond acceptors (Lipinski definition) is 1. The molecular formula is C8H14Cl6NP. The number of rotatable bonds is 3. The molecule has 0 fully saturated rings. The van der Waals surface area contributed by atoms with E-state index in [4.69, 9.17) is 69.6 Å². The fourth-order valence-corrected chi connectivity index (χ4v) is 8.22. The molecule has 8 heteroatoms. The van der Waals surface area contributed by atoms with Crippen LogP contribution in [0.2, 0.25) is 0 Å². The predicted molar refractivity (Wildman–Crippen MR) is 79.6 cm³/mol. The van der Waals surface area contributed by atoms with Gasteiger partial charge in [0.15, 0.2) is 0 Å². The minimum Gasteiger partial charge on any atom is -0.270 e. The van der Waals surface area contributed by atoms with Gasteiger partial charge in [-0.3, -0.25) is 4.67 Å². The molecule has 0 rings (SSSR count). The Morgan fingerprint density at radius 2 is 1.00 bits per heavy atom. The molecule has 0 spiro atoms. The summed E-state index contributed by atoms with van der Waals surface area (Å²) < 4.78 is -1.26. The van der Waals surface area contributed by atoms with Crippen LogP contribution in [0.15, 0.2) is 0 Å². The molecule has 0 aliphatic heterocycles. The third-order valence-corrected chi connectivity index (χ3v) is 7.00. The average Bonchev–Trinajstić information content (AvgIpc) is 1.93. The standard InChI is InChI=1S/C8H14Cl6NP/c1-5(2)15(6(3)4)16(7(9,10)11)8(12,13)14/h5-6H,1-4H3. The van der Waals surface area contributed by atoms with Gasteiger partial charge in [0.2, 0.25) is 7.07 Å². The van der Waals surface area contributed by atoms with Crippen LogP contribution in [0.25, 0.3) is 0 Å². The Kier molecular flexibility index (Phi) is 7.40. The van der Waals surface area contributed by atoms with Crippen LogP contribution in [0, 0.1) is 0 Å². The molecule has 0 N–H and O–H groups in total. The molecule has 0 atom stereocenters. The highest BCUT2D eigenvalue weighted by Gasteiger charge is 2.51. The molecule has 0 saturated heterocycles. The van der Waals surface area contributed by atoms with Gasteiger partial charge in [-0.05, 0) is 27.7 Å². The molecule has 0 amide bonds. The largest absolute Gasteiger partial charge is 0.270 e. The van der Waals surface area contributed by atoms with Crippen molar-refractivity contribution in [3.63, 3.8) is 0 Å². The molecule has 0 unspecified atom stereocenters. The Hall–Kier alpha value is 2.13. The van der Waals surface area contributed by atoms with Gasteiger partial charge in [-0.15, -0.1) is 0 Å². The monoisotopic (exact) mass is 365 g/mol. The van der Waals surface area contributed by atoms with Crippen molar-refractivity contribution in [3.05, 3.63) is 0 Å². The quantitative estimate of drug-likeness (QED) is 0.426. The molecule has 0 heterocycles. The van der Waals surface area contributed by atoms with Crippen molar-refractivity contribution in [1.29, 1.82) is 0 Å². The lowest BCUT2D eigenvalue weighted by molar-refractivity contribution is 0.321. The van der Waals surface area contributed by atoms with E-state index in [0.717, 1.165) is 0 Å². The van der Waals surface area contributed by atoms with Crippen molar-refractivity contribution in [2.75, 3.05) is 0 Å². The molecule has 0 aromatic carbocycles. The summed E-state index contributed by atoms with van der Waals surface area (Å²) in [6.07, 6.45) is 0. The SMILES string of the molecule is CC(C)N(C(C)C)P(C(Cl)(Cl)Cl)C(Cl)(Cl)Cl. The first kappa shape index (κ1) is 18.1. The summed E-state index contributed by atoms with van der Waals surface area (Å²) in [7, 11) is -1.56. The molecule has 98 valence electrons. The number of alkyl halides is 6. The van der Waals surface area contributed by atoms with Crippen molar-refractivity contribution in [1.82, 2.24) is 4.67 Å². The first-order valence-electron chi connectivity index (χ1n) is 4.61. The van der Waals surface area contributed by atoms with E-state index in [-0.39, 0.29) is 12.1 Å². The summed E-state index contributed by atoms with van der Waals surface area (Å²) in [5.41, 5.74) is 0. The van der Waals surface area contributed by atoms with Crippen LogP contribution in [0.5, 0.6) is 0 Å². The van der Waals surface area contributed by atoms with E-state index in [1.165, 1.54) is 0 Å².